The molecular weight excluding hydrogens is 255 g/mol. The van der Waals surface area contributed by atoms with Gasteiger partial charge in [-0.2, -0.15) is 5.26 Å². The van der Waals surface area contributed by atoms with Crippen molar-refractivity contribution in [1.82, 2.24) is 0 Å². The molecule has 0 fully saturated rings. The third-order valence-corrected chi connectivity index (χ3v) is 2.50. The van der Waals surface area contributed by atoms with Crippen molar-refractivity contribution >= 4 is 17.3 Å². The fraction of sp³-hybridized carbons (Fsp3) is 0. The van der Waals surface area contributed by atoms with Gasteiger partial charge in [0.2, 0.25) is 0 Å². The summed E-state index contributed by atoms with van der Waals surface area (Å²) < 4.78 is 18.8. The molecule has 90 valence electrons. The molecule has 2 aromatic rings. The van der Waals surface area contributed by atoms with Gasteiger partial charge in [-0.1, -0.05) is 11.6 Å². The summed E-state index contributed by atoms with van der Waals surface area (Å²) in [6, 6.07) is 10.4. The fourth-order valence-electron chi connectivity index (χ4n) is 1.37. The molecule has 2 aromatic carbocycles. The van der Waals surface area contributed by atoms with Crippen LogP contribution in [0.1, 0.15) is 5.56 Å². The van der Waals surface area contributed by atoms with Crippen LogP contribution in [-0.4, -0.2) is 0 Å². The van der Waals surface area contributed by atoms with Gasteiger partial charge >= 0.3 is 0 Å². The summed E-state index contributed by atoms with van der Waals surface area (Å²) in [6.07, 6.45) is 0. The predicted molar refractivity (Wildman–Crippen MR) is 67.1 cm³/mol. The standard InChI is InChI=1S/C13H8ClFN2O/c14-9-2-4-12(17)13(5-9)18-10-3-1-8(7-16)11(15)6-10/h1-6H,17H2. The van der Waals surface area contributed by atoms with Crippen molar-refractivity contribution in [3.63, 3.8) is 0 Å². The van der Waals surface area contributed by atoms with Gasteiger partial charge in [-0.05, 0) is 24.3 Å². The lowest BCUT2D eigenvalue weighted by Gasteiger charge is -2.09. The molecule has 2 N–H and O–H groups in total. The largest absolute Gasteiger partial charge is 0.455 e. The predicted octanol–water partition coefficient (Wildman–Crippen LogP) is 3.73. The molecule has 3 nitrogen and oxygen atoms in total. The average Bonchev–Trinajstić information content (AvgIpc) is 2.34. The SMILES string of the molecule is N#Cc1ccc(Oc2cc(Cl)ccc2N)cc1F. The lowest BCUT2D eigenvalue weighted by Crippen LogP contribution is -1.93. The molecule has 0 bridgehead atoms. The number of nitrogens with zero attached hydrogens (tertiary/aromatic N) is 1. The highest BCUT2D eigenvalue weighted by molar-refractivity contribution is 6.30. The van der Waals surface area contributed by atoms with Gasteiger partial charge in [-0.15, -0.1) is 0 Å². The number of hydrogen-bond donors (Lipinski definition) is 1. The monoisotopic (exact) mass is 262 g/mol. The first-order chi connectivity index (χ1) is 8.60. The molecular formula is C13H8ClFN2O. The Morgan fingerprint density at radius 1 is 1.22 bits per heavy atom. The van der Waals surface area contributed by atoms with Crippen molar-refractivity contribution < 1.29 is 9.13 Å². The van der Waals surface area contributed by atoms with Crippen LogP contribution in [0, 0.1) is 17.1 Å². The van der Waals surface area contributed by atoms with E-state index in [1.807, 2.05) is 0 Å². The fourth-order valence-corrected chi connectivity index (χ4v) is 1.54. The van der Waals surface area contributed by atoms with Gasteiger partial charge in [0, 0.05) is 17.2 Å². The highest BCUT2D eigenvalue weighted by Crippen LogP contribution is 2.30. The molecule has 5 heteroatoms. The molecule has 2 rings (SSSR count). The zero-order chi connectivity index (χ0) is 13.1. The van der Waals surface area contributed by atoms with Crippen molar-refractivity contribution in [3.05, 3.63) is 52.8 Å². The smallest absolute Gasteiger partial charge is 0.151 e. The molecule has 0 saturated carbocycles. The van der Waals surface area contributed by atoms with Crippen LogP contribution in [0.4, 0.5) is 10.1 Å². The molecule has 0 aliphatic carbocycles. The van der Waals surface area contributed by atoms with E-state index >= 15 is 0 Å². The van der Waals surface area contributed by atoms with E-state index in [1.54, 1.807) is 18.2 Å². The average molecular weight is 263 g/mol. The van der Waals surface area contributed by atoms with E-state index in [-0.39, 0.29) is 11.3 Å². The number of nitrogen functional groups attached to an aromatic ring is 1. The number of ether oxygens (including phenoxy) is 1. The minimum atomic E-state index is -0.643. The van der Waals surface area contributed by atoms with Crippen molar-refractivity contribution in [2.45, 2.75) is 0 Å². The zero-order valence-electron chi connectivity index (χ0n) is 9.15. The third-order valence-electron chi connectivity index (χ3n) is 2.26. The summed E-state index contributed by atoms with van der Waals surface area (Å²) in [4.78, 5) is 0. The maximum Gasteiger partial charge on any atom is 0.151 e. The van der Waals surface area contributed by atoms with Crippen LogP contribution in [0.5, 0.6) is 11.5 Å². The summed E-state index contributed by atoms with van der Waals surface area (Å²) in [5.74, 6) is -0.0531. The quantitative estimate of drug-likeness (QED) is 0.839. The Morgan fingerprint density at radius 3 is 2.67 bits per heavy atom. The number of benzene rings is 2. The Balaban J connectivity index is 2.32. The van der Waals surface area contributed by atoms with Crippen LogP contribution >= 0.6 is 11.6 Å². The Labute approximate surface area is 108 Å². The minimum absolute atomic E-state index is 0.0404. The third kappa shape index (κ3) is 2.53. The number of hydrogen-bond acceptors (Lipinski definition) is 3. The molecule has 0 aromatic heterocycles. The van der Waals surface area contributed by atoms with Crippen molar-refractivity contribution in [1.29, 1.82) is 5.26 Å². The Bertz CT molecular complexity index is 637. The van der Waals surface area contributed by atoms with Gasteiger partial charge in [0.1, 0.15) is 17.6 Å². The lowest BCUT2D eigenvalue weighted by molar-refractivity contribution is 0.479. The van der Waals surface area contributed by atoms with E-state index in [4.69, 9.17) is 27.3 Å². The van der Waals surface area contributed by atoms with Crippen LogP contribution < -0.4 is 10.5 Å². The number of rotatable bonds is 2. The Morgan fingerprint density at radius 2 is 2.00 bits per heavy atom. The summed E-state index contributed by atoms with van der Waals surface area (Å²) >= 11 is 5.81. The van der Waals surface area contributed by atoms with Crippen molar-refractivity contribution in [2.75, 3.05) is 5.73 Å². The van der Waals surface area contributed by atoms with E-state index < -0.39 is 5.82 Å². The van der Waals surface area contributed by atoms with Crippen molar-refractivity contribution in [3.8, 4) is 17.6 Å². The highest BCUT2D eigenvalue weighted by atomic mass is 35.5. The summed E-state index contributed by atoms with van der Waals surface area (Å²) in [6.45, 7) is 0. The second-order valence-electron chi connectivity index (χ2n) is 3.54. The molecule has 0 amide bonds. The molecule has 0 aliphatic heterocycles. The molecule has 0 aliphatic rings. The summed E-state index contributed by atoms with van der Waals surface area (Å²) in [5.41, 5.74) is 6.05. The Hall–Kier alpha value is -2.25. The van der Waals surface area contributed by atoms with Crippen molar-refractivity contribution in [2.24, 2.45) is 0 Å². The van der Waals surface area contributed by atoms with Gasteiger partial charge in [-0.3, -0.25) is 0 Å². The van der Waals surface area contributed by atoms with Gasteiger partial charge < -0.3 is 10.5 Å². The van der Waals surface area contributed by atoms with E-state index in [0.717, 1.165) is 6.07 Å². The first-order valence-electron chi connectivity index (χ1n) is 5.02. The highest BCUT2D eigenvalue weighted by Gasteiger charge is 2.07. The van der Waals surface area contributed by atoms with E-state index in [2.05, 4.69) is 0 Å². The summed E-state index contributed by atoms with van der Waals surface area (Å²) in [7, 11) is 0. The first kappa shape index (κ1) is 12.2. The second kappa shape index (κ2) is 4.94. The van der Waals surface area contributed by atoms with E-state index in [0.29, 0.717) is 16.5 Å². The number of anilines is 1. The van der Waals surface area contributed by atoms with Gasteiger partial charge in [0.25, 0.3) is 0 Å². The number of halogens is 2. The normalized spacial score (nSPS) is 9.83. The van der Waals surface area contributed by atoms with Crippen LogP contribution in [-0.2, 0) is 0 Å². The van der Waals surface area contributed by atoms with Gasteiger partial charge in [-0.25, -0.2) is 4.39 Å². The summed E-state index contributed by atoms with van der Waals surface area (Å²) in [5, 5.41) is 9.08. The molecule has 0 spiro atoms. The zero-order valence-corrected chi connectivity index (χ0v) is 9.91. The Kier molecular flexibility index (Phi) is 3.35. The lowest BCUT2D eigenvalue weighted by atomic mass is 10.2. The second-order valence-corrected chi connectivity index (χ2v) is 3.97. The molecule has 0 radical (unpaired) electrons. The minimum Gasteiger partial charge on any atom is -0.455 e. The topological polar surface area (TPSA) is 59.0 Å². The van der Waals surface area contributed by atoms with Crippen LogP contribution in [0.3, 0.4) is 0 Å². The molecule has 0 unspecified atom stereocenters. The first-order valence-corrected chi connectivity index (χ1v) is 5.40. The van der Waals surface area contributed by atoms with E-state index in [9.17, 15) is 4.39 Å². The molecule has 0 heterocycles. The number of nitriles is 1. The maximum atomic E-state index is 13.4. The van der Waals surface area contributed by atoms with Crippen LogP contribution in [0.15, 0.2) is 36.4 Å². The van der Waals surface area contributed by atoms with Crippen LogP contribution in [0.25, 0.3) is 0 Å². The molecule has 0 saturated heterocycles. The van der Waals surface area contributed by atoms with Gasteiger partial charge in [0.05, 0.1) is 11.3 Å². The number of nitrogens with two attached hydrogens (primary N) is 1. The van der Waals surface area contributed by atoms with Crippen LogP contribution in [0.2, 0.25) is 5.02 Å². The molecule has 0 atom stereocenters. The van der Waals surface area contributed by atoms with E-state index in [1.165, 1.54) is 18.2 Å². The maximum absolute atomic E-state index is 13.4. The molecule has 18 heavy (non-hydrogen) atoms. The van der Waals surface area contributed by atoms with Gasteiger partial charge in [0.15, 0.2) is 5.75 Å².